The van der Waals surface area contributed by atoms with Gasteiger partial charge in [0.25, 0.3) is 0 Å². The number of benzene rings is 1. The van der Waals surface area contributed by atoms with E-state index in [-0.39, 0.29) is 25.0 Å². The molecule has 2 fully saturated rings. The maximum absolute atomic E-state index is 14.3. The lowest BCUT2D eigenvalue weighted by Crippen LogP contribution is -2.59. The van der Waals surface area contributed by atoms with Crippen molar-refractivity contribution in [3.63, 3.8) is 0 Å². The number of nitrogens with zero attached hydrogens (tertiary/aromatic N) is 2. The van der Waals surface area contributed by atoms with Crippen LogP contribution in [0, 0.1) is 10.8 Å². The summed E-state index contributed by atoms with van der Waals surface area (Å²) in [5, 5.41) is 2.88. The molecule has 3 atom stereocenters. The summed E-state index contributed by atoms with van der Waals surface area (Å²) < 4.78 is 16.6. The summed E-state index contributed by atoms with van der Waals surface area (Å²) in [5.74, 6) is -0.995. The molecular weight excluding hydrogens is 574 g/mol. The zero-order chi connectivity index (χ0) is 32.8. The van der Waals surface area contributed by atoms with Crippen molar-refractivity contribution < 1.29 is 33.4 Å². The Balaban J connectivity index is 1.48. The van der Waals surface area contributed by atoms with Gasteiger partial charge in [0.1, 0.15) is 18.2 Å². The van der Waals surface area contributed by atoms with E-state index in [9.17, 15) is 19.2 Å². The minimum atomic E-state index is -0.950. The van der Waals surface area contributed by atoms with Gasteiger partial charge in [-0.3, -0.25) is 9.69 Å². The van der Waals surface area contributed by atoms with Gasteiger partial charge in [0.15, 0.2) is 0 Å². The van der Waals surface area contributed by atoms with Crippen molar-refractivity contribution in [2.45, 2.75) is 103 Å². The second kappa shape index (κ2) is 14.5. The van der Waals surface area contributed by atoms with Crippen LogP contribution in [0.4, 0.5) is 9.59 Å². The molecule has 45 heavy (non-hydrogen) atoms. The highest BCUT2D eigenvalue weighted by Gasteiger charge is 2.49. The zero-order valence-corrected chi connectivity index (χ0v) is 27.3. The molecule has 4 rings (SSSR count). The largest absolute Gasteiger partial charge is 0.467 e. The number of methoxy groups -OCH3 is 1. The first kappa shape index (κ1) is 34.1. The van der Waals surface area contributed by atoms with Crippen LogP contribution in [0.15, 0.2) is 37.4 Å². The van der Waals surface area contributed by atoms with E-state index in [1.54, 1.807) is 11.0 Å². The standard InChI is InChI=1S/C35H49N3O7/c1-7-9-16-34(3,4)23-44-32(41)36-29(35(5)17-11-10-12-18-35)30(39)38-21-26(19-28(38)31(40)43-6)45-33(42)37-20-25-15-13-14-24(8-2)27(25)22-37/h7-8,13-15,26,28-29H,1-2,9-12,16-23H2,3-6H3,(H,36,41)/t26-,28+,29-/m1/s1. The summed E-state index contributed by atoms with van der Waals surface area (Å²) in [6.07, 6.45) is 7.81. The van der Waals surface area contributed by atoms with Crippen molar-refractivity contribution in [1.82, 2.24) is 15.1 Å². The lowest BCUT2D eigenvalue weighted by molar-refractivity contribution is -0.153. The van der Waals surface area contributed by atoms with E-state index < -0.39 is 47.7 Å². The van der Waals surface area contributed by atoms with Crippen molar-refractivity contribution >= 4 is 30.1 Å². The van der Waals surface area contributed by atoms with Gasteiger partial charge in [0, 0.05) is 13.0 Å². The van der Waals surface area contributed by atoms with E-state index in [4.69, 9.17) is 14.2 Å². The molecule has 10 heteroatoms. The molecule has 1 saturated heterocycles. The third-order valence-electron chi connectivity index (χ3n) is 9.61. The van der Waals surface area contributed by atoms with Gasteiger partial charge >= 0.3 is 18.2 Å². The number of rotatable bonds is 11. The number of amides is 3. The Morgan fingerprint density at radius 3 is 2.53 bits per heavy atom. The molecule has 1 aliphatic carbocycles. The van der Waals surface area contributed by atoms with Crippen LogP contribution in [0.25, 0.3) is 6.08 Å². The molecule has 1 N–H and O–H groups in total. The molecule has 1 saturated carbocycles. The monoisotopic (exact) mass is 623 g/mol. The normalized spacial score (nSPS) is 21.3. The topological polar surface area (TPSA) is 114 Å². The first-order valence-electron chi connectivity index (χ1n) is 16.0. The number of carbonyl (C=O) groups is 4. The summed E-state index contributed by atoms with van der Waals surface area (Å²) in [7, 11) is 1.27. The number of likely N-dealkylation sites (tertiary alicyclic amines) is 1. The summed E-state index contributed by atoms with van der Waals surface area (Å²) in [4.78, 5) is 56.7. The Hall–Kier alpha value is -3.82. The van der Waals surface area contributed by atoms with Crippen LogP contribution in [-0.2, 0) is 36.9 Å². The van der Waals surface area contributed by atoms with E-state index in [0.29, 0.717) is 13.1 Å². The molecule has 0 spiro atoms. The molecule has 1 aromatic carbocycles. The number of carbonyl (C=O) groups excluding carboxylic acids is 4. The molecule has 0 unspecified atom stereocenters. The number of ether oxygens (including phenoxy) is 3. The average Bonchev–Trinajstić information content (AvgIpc) is 3.66. The highest BCUT2D eigenvalue weighted by atomic mass is 16.6. The molecule has 0 radical (unpaired) electrons. The third kappa shape index (κ3) is 8.07. The van der Waals surface area contributed by atoms with Gasteiger partial charge in [0.05, 0.1) is 26.8 Å². The van der Waals surface area contributed by atoms with Crippen LogP contribution in [-0.4, -0.2) is 72.3 Å². The highest BCUT2D eigenvalue weighted by molar-refractivity contribution is 5.91. The molecule has 3 amide bonds. The Labute approximate surface area is 267 Å². The number of allylic oxidation sites excluding steroid dienone is 1. The molecule has 1 aromatic rings. The maximum atomic E-state index is 14.3. The fraction of sp³-hybridized carbons (Fsp3) is 0.600. The molecule has 2 aliphatic heterocycles. The SMILES string of the molecule is C=CCCC(C)(C)COC(=O)N[C@H](C(=O)N1C[C@H](OC(=O)N2Cc3cccc(C=C)c3C2)C[C@H]1C(=O)OC)C1(C)CCCCC1. The lowest BCUT2D eigenvalue weighted by Gasteiger charge is -2.42. The third-order valence-corrected chi connectivity index (χ3v) is 9.61. The van der Waals surface area contributed by atoms with Crippen LogP contribution in [0.5, 0.6) is 0 Å². The van der Waals surface area contributed by atoms with Crippen molar-refractivity contribution in [3.05, 3.63) is 54.1 Å². The summed E-state index contributed by atoms with van der Waals surface area (Å²) in [6.45, 7) is 14.7. The Kier molecular flexibility index (Phi) is 11.0. The van der Waals surface area contributed by atoms with Crippen LogP contribution in [0.3, 0.4) is 0 Å². The number of fused-ring (bicyclic) bond motifs is 1. The second-order valence-electron chi connectivity index (χ2n) is 13.7. The summed E-state index contributed by atoms with van der Waals surface area (Å²) >= 11 is 0. The van der Waals surface area contributed by atoms with Gasteiger partial charge in [0.2, 0.25) is 5.91 Å². The van der Waals surface area contributed by atoms with Gasteiger partial charge in [-0.05, 0) is 53.2 Å². The molecule has 10 nitrogen and oxygen atoms in total. The van der Waals surface area contributed by atoms with Crippen molar-refractivity contribution in [3.8, 4) is 0 Å². The smallest absolute Gasteiger partial charge is 0.410 e. The van der Waals surface area contributed by atoms with Gasteiger partial charge in [-0.15, -0.1) is 6.58 Å². The number of alkyl carbamates (subject to hydrolysis) is 1. The second-order valence-corrected chi connectivity index (χ2v) is 13.7. The fourth-order valence-electron chi connectivity index (χ4n) is 6.80. The summed E-state index contributed by atoms with van der Waals surface area (Å²) in [6, 6.07) is 4.00. The molecular formula is C35H49N3O7. The van der Waals surface area contributed by atoms with Crippen molar-refractivity contribution in [1.29, 1.82) is 0 Å². The van der Waals surface area contributed by atoms with Crippen LogP contribution in [0.2, 0.25) is 0 Å². The van der Waals surface area contributed by atoms with Crippen molar-refractivity contribution in [2.24, 2.45) is 10.8 Å². The Bertz CT molecular complexity index is 1290. The predicted octanol–water partition coefficient (Wildman–Crippen LogP) is 5.98. The summed E-state index contributed by atoms with van der Waals surface area (Å²) in [5.41, 5.74) is 2.24. The molecule has 246 valence electrons. The van der Waals surface area contributed by atoms with E-state index in [2.05, 4.69) is 18.5 Å². The number of hydrogen-bond donors (Lipinski definition) is 1. The molecule has 2 heterocycles. The van der Waals surface area contributed by atoms with Gasteiger partial charge < -0.3 is 24.4 Å². The molecule has 3 aliphatic rings. The van der Waals surface area contributed by atoms with Crippen LogP contribution in [0.1, 0.15) is 88.8 Å². The van der Waals surface area contributed by atoms with Crippen LogP contribution < -0.4 is 5.32 Å². The lowest BCUT2D eigenvalue weighted by atomic mass is 9.70. The Morgan fingerprint density at radius 1 is 1.13 bits per heavy atom. The number of hydrogen-bond acceptors (Lipinski definition) is 7. The molecule has 0 bridgehead atoms. The predicted molar refractivity (Wildman–Crippen MR) is 171 cm³/mol. The first-order chi connectivity index (χ1) is 21.4. The number of esters is 1. The van der Waals surface area contributed by atoms with Gasteiger partial charge in [-0.25, -0.2) is 14.4 Å². The minimum absolute atomic E-state index is 0.0148. The fourth-order valence-corrected chi connectivity index (χ4v) is 6.80. The van der Waals surface area contributed by atoms with E-state index in [1.165, 1.54) is 12.0 Å². The van der Waals surface area contributed by atoms with Crippen LogP contribution >= 0.6 is 0 Å². The number of nitrogens with one attached hydrogen (secondary N) is 1. The zero-order valence-electron chi connectivity index (χ0n) is 27.3. The van der Waals surface area contributed by atoms with E-state index >= 15 is 0 Å². The minimum Gasteiger partial charge on any atom is -0.467 e. The van der Waals surface area contributed by atoms with E-state index in [1.807, 2.05) is 45.0 Å². The quantitative estimate of drug-likeness (QED) is 0.183. The highest BCUT2D eigenvalue weighted by Crippen LogP contribution is 2.40. The molecule has 0 aromatic heterocycles. The Morgan fingerprint density at radius 2 is 1.87 bits per heavy atom. The van der Waals surface area contributed by atoms with Gasteiger partial charge in [-0.2, -0.15) is 0 Å². The maximum Gasteiger partial charge on any atom is 0.410 e. The first-order valence-corrected chi connectivity index (χ1v) is 16.0. The van der Waals surface area contributed by atoms with E-state index in [0.717, 1.165) is 61.6 Å². The average molecular weight is 624 g/mol. The van der Waals surface area contributed by atoms with Gasteiger partial charge in [-0.1, -0.05) is 77.0 Å². The van der Waals surface area contributed by atoms with Crippen molar-refractivity contribution in [2.75, 3.05) is 20.3 Å².